The van der Waals surface area contributed by atoms with E-state index in [1.165, 1.54) is 6.33 Å². The first-order chi connectivity index (χ1) is 10.0. The van der Waals surface area contributed by atoms with Crippen molar-refractivity contribution in [2.75, 3.05) is 12.3 Å². The molecule has 0 saturated carbocycles. The van der Waals surface area contributed by atoms with E-state index in [4.69, 9.17) is 33.7 Å². The highest BCUT2D eigenvalue weighted by atomic mass is 35.5. The number of carbonyl (C=O) groups excluding carboxylic acids is 1. The van der Waals surface area contributed by atoms with Gasteiger partial charge in [-0.05, 0) is 31.0 Å². The van der Waals surface area contributed by atoms with Gasteiger partial charge in [0.15, 0.2) is 5.69 Å². The first-order valence-electron chi connectivity index (χ1n) is 6.44. The predicted molar refractivity (Wildman–Crippen MR) is 82.8 cm³/mol. The van der Waals surface area contributed by atoms with Crippen molar-refractivity contribution in [1.29, 1.82) is 0 Å². The van der Waals surface area contributed by atoms with E-state index in [0.717, 1.165) is 5.56 Å². The van der Waals surface area contributed by atoms with Crippen LogP contribution in [0.3, 0.4) is 0 Å². The maximum absolute atomic E-state index is 11.6. The standard InChI is InChI=1S/C14H15Cl2N3O2/c1-2-21-14(20)12-13(17)19(8-18-12)6-5-9-3-4-10(15)7-11(9)16/h3-4,7-8H,2,5-6,17H2,1H3. The number of hydrogen-bond donors (Lipinski definition) is 1. The molecule has 2 N–H and O–H groups in total. The molecule has 0 radical (unpaired) electrons. The lowest BCUT2D eigenvalue weighted by Gasteiger charge is -2.07. The van der Waals surface area contributed by atoms with E-state index >= 15 is 0 Å². The number of nitrogens with two attached hydrogens (primary N) is 1. The molecule has 112 valence electrons. The van der Waals surface area contributed by atoms with Crippen LogP contribution in [0.4, 0.5) is 5.82 Å². The molecule has 1 aromatic carbocycles. The van der Waals surface area contributed by atoms with Crippen LogP contribution in [0.15, 0.2) is 24.5 Å². The van der Waals surface area contributed by atoms with E-state index in [2.05, 4.69) is 4.98 Å². The third-order valence-corrected chi connectivity index (χ3v) is 3.57. The van der Waals surface area contributed by atoms with Crippen LogP contribution in [0.5, 0.6) is 0 Å². The Hall–Kier alpha value is -1.72. The topological polar surface area (TPSA) is 70.1 Å². The van der Waals surface area contributed by atoms with Gasteiger partial charge in [-0.1, -0.05) is 29.3 Å². The summed E-state index contributed by atoms with van der Waals surface area (Å²) < 4.78 is 6.58. The summed E-state index contributed by atoms with van der Waals surface area (Å²) >= 11 is 12.0. The van der Waals surface area contributed by atoms with Crippen LogP contribution in [0.2, 0.25) is 10.0 Å². The van der Waals surface area contributed by atoms with E-state index < -0.39 is 5.97 Å². The van der Waals surface area contributed by atoms with Crippen molar-refractivity contribution in [2.45, 2.75) is 19.9 Å². The van der Waals surface area contributed by atoms with Gasteiger partial charge < -0.3 is 15.0 Å². The summed E-state index contributed by atoms with van der Waals surface area (Å²) in [7, 11) is 0. The second-order valence-electron chi connectivity index (χ2n) is 4.38. The Labute approximate surface area is 132 Å². The molecule has 0 unspecified atom stereocenters. The molecule has 5 nitrogen and oxygen atoms in total. The highest BCUT2D eigenvalue weighted by Crippen LogP contribution is 2.22. The minimum Gasteiger partial charge on any atom is -0.461 e. The largest absolute Gasteiger partial charge is 0.461 e. The number of imidazole rings is 1. The van der Waals surface area contributed by atoms with Gasteiger partial charge >= 0.3 is 5.97 Å². The number of carbonyl (C=O) groups is 1. The van der Waals surface area contributed by atoms with Gasteiger partial charge in [-0.3, -0.25) is 0 Å². The van der Waals surface area contributed by atoms with Gasteiger partial charge in [0.2, 0.25) is 0 Å². The van der Waals surface area contributed by atoms with E-state index in [-0.39, 0.29) is 12.3 Å². The number of anilines is 1. The molecular weight excluding hydrogens is 313 g/mol. The molecule has 21 heavy (non-hydrogen) atoms. The summed E-state index contributed by atoms with van der Waals surface area (Å²) in [6.07, 6.45) is 2.17. The second kappa shape index (κ2) is 6.83. The van der Waals surface area contributed by atoms with Gasteiger partial charge in [-0.25, -0.2) is 9.78 Å². The minimum atomic E-state index is -0.515. The van der Waals surface area contributed by atoms with Crippen molar-refractivity contribution in [3.8, 4) is 0 Å². The van der Waals surface area contributed by atoms with Crippen LogP contribution < -0.4 is 5.73 Å². The smallest absolute Gasteiger partial charge is 0.360 e. The van der Waals surface area contributed by atoms with E-state index in [0.29, 0.717) is 28.8 Å². The molecule has 0 spiro atoms. The number of aryl methyl sites for hydroxylation is 2. The summed E-state index contributed by atoms with van der Waals surface area (Å²) in [6.45, 7) is 2.57. The maximum atomic E-state index is 11.6. The molecular formula is C14H15Cl2N3O2. The Morgan fingerprint density at radius 2 is 2.19 bits per heavy atom. The van der Waals surface area contributed by atoms with Gasteiger partial charge in [0.25, 0.3) is 0 Å². The number of esters is 1. The predicted octanol–water partition coefficient (Wildman–Crippen LogP) is 3.19. The molecule has 0 atom stereocenters. The van der Waals surface area contributed by atoms with Crippen LogP contribution in [-0.4, -0.2) is 22.1 Å². The third-order valence-electron chi connectivity index (χ3n) is 2.98. The Balaban J connectivity index is 2.09. The van der Waals surface area contributed by atoms with Crippen LogP contribution in [0.1, 0.15) is 23.0 Å². The maximum Gasteiger partial charge on any atom is 0.360 e. The first-order valence-corrected chi connectivity index (χ1v) is 7.20. The van der Waals surface area contributed by atoms with Gasteiger partial charge in [-0.2, -0.15) is 0 Å². The SMILES string of the molecule is CCOC(=O)c1ncn(CCc2ccc(Cl)cc2Cl)c1N. The van der Waals surface area contributed by atoms with Gasteiger partial charge in [0.05, 0.1) is 12.9 Å². The molecule has 7 heteroatoms. The average Bonchev–Trinajstić information content (AvgIpc) is 2.79. The molecule has 2 aromatic rings. The Bertz CT molecular complexity index is 656. The van der Waals surface area contributed by atoms with Crippen LogP contribution >= 0.6 is 23.2 Å². The van der Waals surface area contributed by atoms with Crippen molar-refractivity contribution < 1.29 is 9.53 Å². The number of nitrogen functional groups attached to an aromatic ring is 1. The minimum absolute atomic E-state index is 0.138. The lowest BCUT2D eigenvalue weighted by atomic mass is 10.1. The van der Waals surface area contributed by atoms with Gasteiger partial charge in [0.1, 0.15) is 5.82 Å². The number of benzene rings is 1. The van der Waals surface area contributed by atoms with Crippen molar-refractivity contribution in [1.82, 2.24) is 9.55 Å². The summed E-state index contributed by atoms with van der Waals surface area (Å²) in [5, 5.41) is 1.20. The van der Waals surface area contributed by atoms with Crippen LogP contribution in [-0.2, 0) is 17.7 Å². The lowest BCUT2D eigenvalue weighted by molar-refractivity contribution is 0.0521. The number of ether oxygens (including phenoxy) is 1. The molecule has 0 aliphatic heterocycles. The van der Waals surface area contributed by atoms with E-state index in [1.54, 1.807) is 23.6 Å². The van der Waals surface area contributed by atoms with Gasteiger partial charge in [0, 0.05) is 16.6 Å². The highest BCUT2D eigenvalue weighted by molar-refractivity contribution is 6.35. The fraction of sp³-hybridized carbons (Fsp3) is 0.286. The summed E-state index contributed by atoms with van der Waals surface area (Å²) in [5.41, 5.74) is 7.00. The second-order valence-corrected chi connectivity index (χ2v) is 5.22. The zero-order chi connectivity index (χ0) is 15.4. The quantitative estimate of drug-likeness (QED) is 0.856. The Kier molecular flexibility index (Phi) is 5.09. The third kappa shape index (κ3) is 3.68. The molecule has 1 heterocycles. The summed E-state index contributed by atoms with van der Waals surface area (Å²) in [5.74, 6) is -0.225. The first kappa shape index (κ1) is 15.7. The molecule has 2 rings (SSSR count). The molecule has 0 aliphatic rings. The van der Waals surface area contributed by atoms with Crippen molar-refractivity contribution in [3.63, 3.8) is 0 Å². The number of halogens is 2. The summed E-state index contributed by atoms with van der Waals surface area (Å²) in [4.78, 5) is 15.6. The summed E-state index contributed by atoms with van der Waals surface area (Å²) in [6, 6.07) is 5.34. The zero-order valence-corrected chi connectivity index (χ0v) is 13.0. The Morgan fingerprint density at radius 3 is 2.86 bits per heavy atom. The van der Waals surface area contributed by atoms with E-state index in [9.17, 15) is 4.79 Å². The molecule has 0 amide bonds. The van der Waals surface area contributed by atoms with Crippen LogP contribution in [0, 0.1) is 0 Å². The fourth-order valence-corrected chi connectivity index (χ4v) is 2.40. The number of rotatable bonds is 5. The molecule has 1 aromatic heterocycles. The zero-order valence-electron chi connectivity index (χ0n) is 11.5. The normalized spacial score (nSPS) is 10.6. The molecule has 0 aliphatic carbocycles. The molecule has 0 saturated heterocycles. The lowest BCUT2D eigenvalue weighted by Crippen LogP contribution is -2.10. The van der Waals surface area contributed by atoms with E-state index in [1.807, 2.05) is 6.07 Å². The van der Waals surface area contributed by atoms with Crippen molar-refractivity contribution >= 4 is 35.0 Å². The van der Waals surface area contributed by atoms with Gasteiger partial charge in [-0.15, -0.1) is 0 Å². The van der Waals surface area contributed by atoms with Crippen molar-refractivity contribution in [3.05, 3.63) is 45.8 Å². The number of nitrogens with zero attached hydrogens (tertiary/aromatic N) is 2. The fourth-order valence-electron chi connectivity index (χ4n) is 1.89. The monoisotopic (exact) mass is 327 g/mol. The number of aromatic nitrogens is 2. The van der Waals surface area contributed by atoms with Crippen molar-refractivity contribution in [2.24, 2.45) is 0 Å². The number of hydrogen-bond acceptors (Lipinski definition) is 4. The Morgan fingerprint density at radius 1 is 1.43 bits per heavy atom. The molecule has 0 bridgehead atoms. The molecule has 0 fully saturated rings. The average molecular weight is 328 g/mol. The van der Waals surface area contributed by atoms with Crippen LogP contribution in [0.25, 0.3) is 0 Å². The highest BCUT2D eigenvalue weighted by Gasteiger charge is 2.16.